The van der Waals surface area contributed by atoms with Gasteiger partial charge < -0.3 is 5.11 Å². The Hall–Kier alpha value is -1.03. The number of hydrogen-bond acceptors (Lipinski definition) is 2. The van der Waals surface area contributed by atoms with Gasteiger partial charge in [0.2, 0.25) is 0 Å². The maximum Gasteiger partial charge on any atom is 0.342 e. The first-order valence-corrected chi connectivity index (χ1v) is 4.64. The second kappa shape index (κ2) is 3.58. The summed E-state index contributed by atoms with van der Waals surface area (Å²) in [5.41, 5.74) is 0.354. The van der Waals surface area contributed by atoms with E-state index in [0.29, 0.717) is 5.56 Å². The molecule has 12 heavy (non-hydrogen) atoms. The average Bonchev–Trinajstić information content (AvgIpc) is 2.04. The molecule has 1 heterocycles. The van der Waals surface area contributed by atoms with Crippen molar-refractivity contribution in [2.75, 3.05) is 6.26 Å². The van der Waals surface area contributed by atoms with Crippen LogP contribution in [0.1, 0.15) is 10.4 Å². The molecule has 0 saturated heterocycles. The Balaban J connectivity index is 3.21. The summed E-state index contributed by atoms with van der Waals surface area (Å²) in [6, 6.07) is 1.80. The molecule has 0 fully saturated rings. The number of nitrogens with zero attached hydrogens (tertiary/aromatic N) is 1. The van der Waals surface area contributed by atoms with Gasteiger partial charge in [-0.1, -0.05) is 0 Å². The highest BCUT2D eigenvalue weighted by molar-refractivity contribution is 7.98. The van der Waals surface area contributed by atoms with Gasteiger partial charge in [0.15, 0.2) is 12.4 Å². The van der Waals surface area contributed by atoms with E-state index in [1.54, 1.807) is 23.9 Å². The van der Waals surface area contributed by atoms with Gasteiger partial charge in [0.25, 0.3) is 0 Å². The summed E-state index contributed by atoms with van der Waals surface area (Å²) in [5, 5.41) is 8.79. The van der Waals surface area contributed by atoms with Crippen LogP contribution in [0.25, 0.3) is 0 Å². The second-order valence-corrected chi connectivity index (χ2v) is 3.25. The lowest BCUT2D eigenvalue weighted by atomic mass is 10.3. The minimum Gasteiger partial charge on any atom is -0.477 e. The number of thioether (sulfide) groups is 1. The summed E-state index contributed by atoms with van der Waals surface area (Å²) >= 11 is 1.44. The Bertz CT molecular complexity index is 312. The predicted octanol–water partition coefficient (Wildman–Crippen LogP) is 0.931. The normalized spacial score (nSPS) is 9.83. The van der Waals surface area contributed by atoms with Crippen LogP contribution in [-0.2, 0) is 7.05 Å². The van der Waals surface area contributed by atoms with Gasteiger partial charge >= 0.3 is 5.97 Å². The van der Waals surface area contributed by atoms with Gasteiger partial charge in [-0.25, -0.2) is 9.36 Å². The molecule has 0 atom stereocenters. The molecule has 0 spiro atoms. The van der Waals surface area contributed by atoms with Crippen LogP contribution in [0.15, 0.2) is 23.4 Å². The van der Waals surface area contributed by atoms with Crippen LogP contribution in [0.2, 0.25) is 0 Å². The molecule has 4 heteroatoms. The molecule has 64 valence electrons. The van der Waals surface area contributed by atoms with Gasteiger partial charge in [-0.05, 0) is 6.26 Å². The van der Waals surface area contributed by atoms with Gasteiger partial charge in [0.05, 0.1) is 0 Å². The molecule has 0 amide bonds. The monoisotopic (exact) mass is 184 g/mol. The van der Waals surface area contributed by atoms with Crippen LogP contribution < -0.4 is 4.57 Å². The first-order chi connectivity index (χ1) is 5.65. The highest BCUT2D eigenvalue weighted by Gasteiger charge is 2.12. The Kier molecular flexibility index (Phi) is 2.70. The van der Waals surface area contributed by atoms with Crippen molar-refractivity contribution in [2.24, 2.45) is 7.05 Å². The number of aromatic nitrogens is 1. The fourth-order valence-corrected chi connectivity index (χ4v) is 1.48. The molecule has 0 bridgehead atoms. The lowest BCUT2D eigenvalue weighted by Gasteiger charge is -1.98. The predicted molar refractivity (Wildman–Crippen MR) is 46.4 cm³/mol. The van der Waals surface area contributed by atoms with Gasteiger partial charge in [0.1, 0.15) is 12.6 Å². The van der Waals surface area contributed by atoms with Gasteiger partial charge in [0, 0.05) is 11.0 Å². The minimum atomic E-state index is -0.879. The van der Waals surface area contributed by atoms with Crippen molar-refractivity contribution in [1.82, 2.24) is 0 Å². The lowest BCUT2D eigenvalue weighted by molar-refractivity contribution is -0.672. The van der Waals surface area contributed by atoms with Gasteiger partial charge in [-0.3, -0.25) is 0 Å². The topological polar surface area (TPSA) is 41.2 Å². The fraction of sp³-hybridized carbons (Fsp3) is 0.250. The van der Waals surface area contributed by atoms with Crippen molar-refractivity contribution in [3.63, 3.8) is 0 Å². The molecule has 0 saturated carbocycles. The zero-order valence-electron chi connectivity index (χ0n) is 6.94. The lowest BCUT2D eigenvalue weighted by Crippen LogP contribution is -2.28. The van der Waals surface area contributed by atoms with Gasteiger partial charge in [-0.15, -0.1) is 11.8 Å². The maximum absolute atomic E-state index is 10.7. The molecule has 0 unspecified atom stereocenters. The quantitative estimate of drug-likeness (QED) is 0.549. The number of carbonyl (C=O) groups is 1. The third kappa shape index (κ3) is 1.76. The summed E-state index contributed by atoms with van der Waals surface area (Å²) in [5.74, 6) is -0.879. The molecular formula is C8H10NO2S+. The van der Waals surface area contributed by atoms with Crippen molar-refractivity contribution in [3.05, 3.63) is 24.0 Å². The van der Waals surface area contributed by atoms with Crippen LogP contribution in [0, 0.1) is 0 Å². The summed E-state index contributed by atoms with van der Waals surface area (Å²) in [4.78, 5) is 11.5. The van der Waals surface area contributed by atoms with Crippen molar-refractivity contribution in [2.45, 2.75) is 4.90 Å². The van der Waals surface area contributed by atoms with E-state index in [1.807, 2.05) is 12.5 Å². The van der Waals surface area contributed by atoms with Crippen LogP contribution in [-0.4, -0.2) is 17.3 Å². The van der Waals surface area contributed by atoms with E-state index in [2.05, 4.69) is 0 Å². The van der Waals surface area contributed by atoms with E-state index in [-0.39, 0.29) is 0 Å². The molecule has 1 aromatic rings. The molecule has 1 rings (SSSR count). The number of pyridine rings is 1. The molecular weight excluding hydrogens is 174 g/mol. The summed E-state index contributed by atoms with van der Waals surface area (Å²) < 4.78 is 1.73. The second-order valence-electron chi connectivity index (χ2n) is 2.40. The summed E-state index contributed by atoms with van der Waals surface area (Å²) in [6.45, 7) is 0. The highest BCUT2D eigenvalue weighted by Crippen LogP contribution is 2.17. The molecule has 1 aromatic heterocycles. The number of aromatic carboxylic acids is 1. The van der Waals surface area contributed by atoms with Crippen LogP contribution in [0.4, 0.5) is 0 Å². The van der Waals surface area contributed by atoms with Crippen molar-refractivity contribution in [1.29, 1.82) is 0 Å². The number of carboxylic acids is 1. The van der Waals surface area contributed by atoms with Crippen LogP contribution in [0.3, 0.4) is 0 Å². The average molecular weight is 184 g/mol. The standard InChI is InChI=1S/C8H9NO2S/c1-9-4-3-7(12-2)6(5-9)8(10)11/h3-5H,1-2H3/p+1. The molecule has 1 N–H and O–H groups in total. The summed E-state index contributed by atoms with van der Waals surface area (Å²) in [6.07, 6.45) is 5.30. The van der Waals surface area contributed by atoms with Crippen molar-refractivity contribution < 1.29 is 14.5 Å². The Morgan fingerprint density at radius 2 is 2.33 bits per heavy atom. The summed E-state index contributed by atoms with van der Waals surface area (Å²) in [7, 11) is 1.80. The number of hydrogen-bond donors (Lipinski definition) is 1. The van der Waals surface area contributed by atoms with E-state index in [0.717, 1.165) is 4.90 Å². The molecule has 0 aliphatic carbocycles. The Labute approximate surface area is 75.0 Å². The zero-order valence-corrected chi connectivity index (χ0v) is 7.76. The third-order valence-corrected chi connectivity index (χ3v) is 2.31. The first kappa shape index (κ1) is 9.06. The van der Waals surface area contributed by atoms with E-state index in [9.17, 15) is 4.79 Å². The van der Waals surface area contributed by atoms with Crippen LogP contribution in [0.5, 0.6) is 0 Å². The van der Waals surface area contributed by atoms with E-state index >= 15 is 0 Å². The van der Waals surface area contributed by atoms with Crippen molar-refractivity contribution >= 4 is 17.7 Å². The van der Waals surface area contributed by atoms with Crippen molar-refractivity contribution in [3.8, 4) is 0 Å². The fourth-order valence-electron chi connectivity index (χ4n) is 0.924. The zero-order chi connectivity index (χ0) is 9.14. The molecule has 3 nitrogen and oxygen atoms in total. The molecule has 0 aromatic carbocycles. The minimum absolute atomic E-state index is 0.354. The van der Waals surface area contributed by atoms with Gasteiger partial charge in [-0.2, -0.15) is 0 Å². The molecule has 0 radical (unpaired) electrons. The van der Waals surface area contributed by atoms with E-state index in [1.165, 1.54) is 11.8 Å². The molecule has 0 aliphatic heterocycles. The maximum atomic E-state index is 10.7. The Morgan fingerprint density at radius 1 is 1.67 bits per heavy atom. The number of carboxylic acid groups (broad SMARTS) is 1. The van der Waals surface area contributed by atoms with E-state index in [4.69, 9.17) is 5.11 Å². The molecule has 0 aliphatic rings. The smallest absolute Gasteiger partial charge is 0.342 e. The third-order valence-electron chi connectivity index (χ3n) is 1.51. The number of aryl methyl sites for hydroxylation is 1. The highest BCUT2D eigenvalue weighted by atomic mass is 32.2. The van der Waals surface area contributed by atoms with Crippen LogP contribution >= 0.6 is 11.8 Å². The number of rotatable bonds is 2. The SMILES string of the molecule is CSc1cc[n+](C)cc1C(=O)O. The van der Waals surface area contributed by atoms with E-state index < -0.39 is 5.97 Å². The Morgan fingerprint density at radius 3 is 2.83 bits per heavy atom. The first-order valence-electron chi connectivity index (χ1n) is 3.41. The largest absolute Gasteiger partial charge is 0.477 e.